The first-order chi connectivity index (χ1) is 10.1. The maximum absolute atomic E-state index is 11.3. The van der Waals surface area contributed by atoms with Crippen molar-refractivity contribution in [1.29, 1.82) is 0 Å². The maximum atomic E-state index is 11.3. The Labute approximate surface area is 123 Å². The minimum absolute atomic E-state index is 0.0685. The Morgan fingerprint density at radius 2 is 2.38 bits per heavy atom. The first kappa shape index (κ1) is 15.3. The number of carbonyl (C=O) groups is 1. The van der Waals surface area contributed by atoms with Crippen molar-refractivity contribution in [3.63, 3.8) is 0 Å². The highest BCUT2D eigenvalue weighted by molar-refractivity contribution is 5.92. The monoisotopic (exact) mass is 290 g/mol. The summed E-state index contributed by atoms with van der Waals surface area (Å²) in [5, 5.41) is 3.70. The number of rotatable bonds is 5. The van der Waals surface area contributed by atoms with Gasteiger partial charge in [0.25, 0.3) is 12.1 Å². The van der Waals surface area contributed by atoms with E-state index in [0.29, 0.717) is 12.1 Å². The van der Waals surface area contributed by atoms with Gasteiger partial charge in [-0.15, -0.1) is 0 Å². The number of primary amides is 1. The van der Waals surface area contributed by atoms with E-state index in [2.05, 4.69) is 23.9 Å². The first-order valence-electron chi connectivity index (χ1n) is 7.05. The first-order valence-corrected chi connectivity index (χ1v) is 7.05. The van der Waals surface area contributed by atoms with Gasteiger partial charge < -0.3 is 10.5 Å². The lowest BCUT2D eigenvalue weighted by Gasteiger charge is -2.15. The summed E-state index contributed by atoms with van der Waals surface area (Å²) in [6.07, 6.45) is 4.26. The largest absolute Gasteiger partial charge is 0.365 e. The lowest BCUT2D eigenvalue weighted by atomic mass is 9.90. The minimum Gasteiger partial charge on any atom is -0.365 e. The molecule has 0 aromatic carbocycles. The SMILES string of the molecule is CC[C@H]1O[C@@H]([n+]2cccc(C(N)=O)c2)[C@H](CN=[N+]=[N-])[C@@H]1C. The smallest absolute Gasteiger partial charge is 0.266 e. The topological polar surface area (TPSA) is 105 Å². The van der Waals surface area contributed by atoms with Gasteiger partial charge in [-0.1, -0.05) is 19.0 Å². The van der Waals surface area contributed by atoms with Crippen molar-refractivity contribution in [3.8, 4) is 0 Å². The molecule has 0 radical (unpaired) electrons. The van der Waals surface area contributed by atoms with Crippen molar-refractivity contribution >= 4 is 5.91 Å². The quantitative estimate of drug-likeness (QED) is 0.387. The van der Waals surface area contributed by atoms with Crippen LogP contribution in [0.2, 0.25) is 0 Å². The van der Waals surface area contributed by atoms with Crippen LogP contribution in [0.25, 0.3) is 10.4 Å². The highest BCUT2D eigenvalue weighted by Gasteiger charge is 2.46. The fourth-order valence-electron chi connectivity index (χ4n) is 2.88. The van der Waals surface area contributed by atoms with Gasteiger partial charge in [-0.3, -0.25) is 4.79 Å². The van der Waals surface area contributed by atoms with Gasteiger partial charge in [0, 0.05) is 17.5 Å². The lowest BCUT2D eigenvalue weighted by Crippen LogP contribution is -2.44. The van der Waals surface area contributed by atoms with Gasteiger partial charge >= 0.3 is 0 Å². The molecule has 2 heterocycles. The molecule has 7 nitrogen and oxygen atoms in total. The van der Waals surface area contributed by atoms with E-state index >= 15 is 0 Å². The predicted octanol–water partition coefficient (Wildman–Crippen LogP) is 1.94. The summed E-state index contributed by atoms with van der Waals surface area (Å²) in [7, 11) is 0. The summed E-state index contributed by atoms with van der Waals surface area (Å²) in [6, 6.07) is 3.43. The van der Waals surface area contributed by atoms with Crippen molar-refractivity contribution in [2.45, 2.75) is 32.6 Å². The van der Waals surface area contributed by atoms with Crippen LogP contribution < -0.4 is 10.3 Å². The molecule has 112 valence electrons. The maximum Gasteiger partial charge on any atom is 0.266 e. The van der Waals surface area contributed by atoms with E-state index in [1.165, 1.54) is 0 Å². The van der Waals surface area contributed by atoms with E-state index in [0.717, 1.165) is 6.42 Å². The van der Waals surface area contributed by atoms with E-state index in [4.69, 9.17) is 16.0 Å². The fourth-order valence-corrected chi connectivity index (χ4v) is 2.88. The van der Waals surface area contributed by atoms with Crippen LogP contribution in [0, 0.1) is 11.8 Å². The molecule has 4 atom stereocenters. The Bertz CT molecular complexity index is 570. The van der Waals surface area contributed by atoms with Crippen molar-refractivity contribution < 1.29 is 14.1 Å². The van der Waals surface area contributed by atoms with Gasteiger partial charge in [0.1, 0.15) is 5.56 Å². The van der Waals surface area contributed by atoms with Crippen molar-refractivity contribution in [3.05, 3.63) is 40.5 Å². The molecular formula is C14H20N5O2+. The third-order valence-corrected chi connectivity index (χ3v) is 4.10. The number of nitrogens with zero attached hydrogens (tertiary/aromatic N) is 4. The molecule has 7 heteroatoms. The van der Waals surface area contributed by atoms with Crippen LogP contribution in [-0.4, -0.2) is 18.6 Å². The molecule has 0 spiro atoms. The second-order valence-electron chi connectivity index (χ2n) is 5.31. The van der Waals surface area contributed by atoms with E-state index in [1.54, 1.807) is 18.3 Å². The second-order valence-corrected chi connectivity index (χ2v) is 5.31. The minimum atomic E-state index is -0.478. The van der Waals surface area contributed by atoms with Crippen molar-refractivity contribution in [1.82, 2.24) is 0 Å². The number of hydrogen-bond acceptors (Lipinski definition) is 3. The number of nitrogens with two attached hydrogens (primary N) is 1. The third-order valence-electron chi connectivity index (χ3n) is 4.10. The molecule has 2 rings (SSSR count). The van der Waals surface area contributed by atoms with Crippen molar-refractivity contribution in [2.75, 3.05) is 6.54 Å². The molecule has 0 bridgehead atoms. The van der Waals surface area contributed by atoms with E-state index in [-0.39, 0.29) is 24.2 Å². The Morgan fingerprint density at radius 1 is 1.62 bits per heavy atom. The lowest BCUT2D eigenvalue weighted by molar-refractivity contribution is -0.765. The van der Waals surface area contributed by atoms with Gasteiger partial charge in [0.15, 0.2) is 12.4 Å². The molecule has 0 aliphatic carbocycles. The summed E-state index contributed by atoms with van der Waals surface area (Å²) in [6.45, 7) is 4.54. The van der Waals surface area contributed by atoms with Crippen LogP contribution in [0.4, 0.5) is 0 Å². The Hall–Kier alpha value is -2.11. The number of aromatic nitrogens is 1. The zero-order valence-corrected chi connectivity index (χ0v) is 12.2. The highest BCUT2D eigenvalue weighted by atomic mass is 16.5. The molecule has 1 amide bonds. The van der Waals surface area contributed by atoms with E-state index in [9.17, 15) is 4.79 Å². The standard InChI is InChI=1S/C14H19N5O2/c1-3-12-9(2)11(7-17-18-16)14(21-12)19-6-4-5-10(8-19)13(15)20/h4-6,8-9,11-12,14H,3,7H2,1-2H3,(H-,15,20)/p+1/t9-,11+,12+,14+/m0/s1. The summed E-state index contributed by atoms with van der Waals surface area (Å²) >= 11 is 0. The molecule has 21 heavy (non-hydrogen) atoms. The zero-order valence-electron chi connectivity index (χ0n) is 12.2. The Morgan fingerprint density at radius 3 is 3.00 bits per heavy atom. The number of ether oxygens (including phenoxy) is 1. The Kier molecular flexibility index (Phi) is 4.77. The van der Waals surface area contributed by atoms with Crippen LogP contribution in [0.15, 0.2) is 29.6 Å². The molecule has 1 aromatic heterocycles. The predicted molar refractivity (Wildman–Crippen MR) is 76.0 cm³/mol. The number of azide groups is 1. The van der Waals surface area contributed by atoms with Crippen LogP contribution in [0.3, 0.4) is 0 Å². The summed E-state index contributed by atoms with van der Waals surface area (Å²) in [4.78, 5) is 14.2. The summed E-state index contributed by atoms with van der Waals surface area (Å²) in [5.41, 5.74) is 14.3. The Balaban J connectivity index is 2.32. The highest BCUT2D eigenvalue weighted by Crippen LogP contribution is 2.37. The third kappa shape index (κ3) is 3.15. The molecule has 1 aliphatic heterocycles. The average molecular weight is 290 g/mol. The number of pyridine rings is 1. The zero-order chi connectivity index (χ0) is 15.4. The molecule has 1 aliphatic rings. The number of hydrogen-bond donors (Lipinski definition) is 1. The molecule has 0 saturated carbocycles. The normalized spacial score (nSPS) is 28.1. The summed E-state index contributed by atoms with van der Waals surface area (Å²) < 4.78 is 7.92. The van der Waals surface area contributed by atoms with Gasteiger partial charge in [-0.05, 0) is 23.9 Å². The number of amides is 1. The van der Waals surface area contributed by atoms with Gasteiger partial charge in [-0.25, -0.2) is 0 Å². The van der Waals surface area contributed by atoms with Gasteiger partial charge in [-0.2, -0.15) is 4.57 Å². The second kappa shape index (κ2) is 6.56. The van der Waals surface area contributed by atoms with Gasteiger partial charge in [0.2, 0.25) is 0 Å². The molecule has 1 aromatic rings. The summed E-state index contributed by atoms with van der Waals surface area (Å²) in [5.74, 6) is -0.136. The van der Waals surface area contributed by atoms with Crippen LogP contribution in [0.1, 0.15) is 36.9 Å². The van der Waals surface area contributed by atoms with Crippen LogP contribution in [0.5, 0.6) is 0 Å². The molecule has 0 unspecified atom stereocenters. The number of carbonyl (C=O) groups excluding carboxylic acids is 1. The molecule has 1 fully saturated rings. The van der Waals surface area contributed by atoms with Crippen LogP contribution >= 0.6 is 0 Å². The van der Waals surface area contributed by atoms with Gasteiger partial charge in [0.05, 0.1) is 12.0 Å². The van der Waals surface area contributed by atoms with Crippen molar-refractivity contribution in [2.24, 2.45) is 22.7 Å². The molecule has 1 saturated heterocycles. The molecule has 2 N–H and O–H groups in total. The average Bonchev–Trinajstić information content (AvgIpc) is 2.81. The van der Waals surface area contributed by atoms with E-state index in [1.807, 2.05) is 10.8 Å². The van der Waals surface area contributed by atoms with E-state index < -0.39 is 5.91 Å². The van der Waals surface area contributed by atoms with Crippen LogP contribution in [-0.2, 0) is 4.74 Å². The fraction of sp³-hybridized carbons (Fsp3) is 0.571. The molecular weight excluding hydrogens is 270 g/mol.